The lowest BCUT2D eigenvalue weighted by molar-refractivity contribution is -0.132. The predicted molar refractivity (Wildman–Crippen MR) is 131 cm³/mol. The zero-order valence-electron chi connectivity index (χ0n) is 19.4. The zero-order valence-corrected chi connectivity index (χ0v) is 21.1. The monoisotopic (exact) mass is 500 g/mol. The molecule has 1 aromatic heterocycles. The first kappa shape index (κ1) is 24.3. The van der Waals surface area contributed by atoms with Gasteiger partial charge in [0.25, 0.3) is 0 Å². The molecule has 0 fully saturated rings. The molecule has 3 aromatic rings. The molecule has 34 heavy (non-hydrogen) atoms. The maximum atomic E-state index is 13.5. The predicted octanol–water partition coefficient (Wildman–Crippen LogP) is 4.41. The van der Waals surface area contributed by atoms with Crippen LogP contribution in [0.25, 0.3) is 0 Å². The number of rotatable bonds is 9. The molecule has 0 spiro atoms. The van der Waals surface area contributed by atoms with Crippen molar-refractivity contribution in [1.29, 1.82) is 0 Å². The van der Waals surface area contributed by atoms with Gasteiger partial charge in [-0.1, -0.05) is 29.8 Å². The Labute approximate surface area is 204 Å². The number of sulfonamides is 1. The fourth-order valence-electron chi connectivity index (χ4n) is 3.71. The number of hydrogen-bond acceptors (Lipinski definition) is 6. The van der Waals surface area contributed by atoms with Crippen LogP contribution in [0.2, 0.25) is 0 Å². The van der Waals surface area contributed by atoms with Gasteiger partial charge in [-0.15, -0.1) is 11.3 Å². The van der Waals surface area contributed by atoms with Gasteiger partial charge in [-0.05, 0) is 62.0 Å². The highest BCUT2D eigenvalue weighted by Crippen LogP contribution is 2.33. The molecule has 2 heterocycles. The van der Waals surface area contributed by atoms with E-state index in [1.165, 1.54) is 4.31 Å². The fraction of sp³-hybridized carbons (Fsp3) is 0.320. The van der Waals surface area contributed by atoms with E-state index in [-0.39, 0.29) is 30.2 Å². The van der Waals surface area contributed by atoms with Crippen molar-refractivity contribution in [2.24, 2.45) is 0 Å². The van der Waals surface area contributed by atoms with Gasteiger partial charge in [0.2, 0.25) is 22.7 Å². The van der Waals surface area contributed by atoms with Gasteiger partial charge in [0, 0.05) is 17.5 Å². The highest BCUT2D eigenvalue weighted by Gasteiger charge is 2.31. The van der Waals surface area contributed by atoms with Gasteiger partial charge >= 0.3 is 0 Å². The van der Waals surface area contributed by atoms with E-state index in [1.807, 2.05) is 42.6 Å². The average Bonchev–Trinajstić information content (AvgIpc) is 3.48. The molecule has 0 radical (unpaired) electrons. The minimum Gasteiger partial charge on any atom is -0.454 e. The Morgan fingerprint density at radius 3 is 2.44 bits per heavy atom. The van der Waals surface area contributed by atoms with Gasteiger partial charge in [-0.3, -0.25) is 4.79 Å². The van der Waals surface area contributed by atoms with E-state index in [4.69, 9.17) is 9.47 Å². The molecule has 0 aliphatic carbocycles. The molecule has 0 unspecified atom stereocenters. The maximum Gasteiger partial charge on any atom is 0.243 e. The van der Waals surface area contributed by atoms with Gasteiger partial charge < -0.3 is 14.4 Å². The Bertz CT molecular complexity index is 1240. The minimum absolute atomic E-state index is 0.177. The molecular formula is C25H28N2O5S2. The van der Waals surface area contributed by atoms with Gasteiger partial charge in [0.05, 0.1) is 18.0 Å². The number of thiophene rings is 1. The summed E-state index contributed by atoms with van der Waals surface area (Å²) in [5, 5.41) is 1.96. The third-order valence-electron chi connectivity index (χ3n) is 5.58. The summed E-state index contributed by atoms with van der Waals surface area (Å²) in [7, 11) is -3.84. The van der Waals surface area contributed by atoms with Gasteiger partial charge in [0.1, 0.15) is 0 Å². The van der Waals surface area contributed by atoms with Crippen LogP contribution >= 0.6 is 11.3 Å². The summed E-state index contributed by atoms with van der Waals surface area (Å²) >= 11 is 1.56. The molecule has 0 saturated heterocycles. The lowest BCUT2D eigenvalue weighted by Crippen LogP contribution is -2.45. The average molecular weight is 501 g/mol. The van der Waals surface area contributed by atoms with Crippen molar-refractivity contribution in [2.45, 2.75) is 44.8 Å². The number of carbonyl (C=O) groups excluding carboxylic acids is 1. The number of ether oxygens (including phenoxy) is 2. The Hall–Kier alpha value is -2.88. The standard InChI is InChI=1S/C25H28N2O5S2/c1-18(2)27(34(29,30)22-9-6-19(3)7-10-22)16-25(28)26(15-21-5-4-12-33-21)14-20-8-11-23-24(13-20)32-17-31-23/h4-13,18H,14-17H2,1-3H3. The SMILES string of the molecule is Cc1ccc(S(=O)(=O)N(CC(=O)N(Cc2ccc3c(c2)OCO3)Cc2cccs2)C(C)C)cc1. The van der Waals surface area contributed by atoms with Crippen molar-refractivity contribution in [3.8, 4) is 11.5 Å². The Morgan fingerprint density at radius 2 is 1.76 bits per heavy atom. The summed E-state index contributed by atoms with van der Waals surface area (Å²) in [4.78, 5) is 16.4. The number of carbonyl (C=O) groups is 1. The molecule has 0 N–H and O–H groups in total. The van der Waals surface area contributed by atoms with Gasteiger partial charge in [0.15, 0.2) is 11.5 Å². The fourth-order valence-corrected chi connectivity index (χ4v) is 6.01. The normalized spacial score (nSPS) is 13.0. The minimum atomic E-state index is -3.84. The molecule has 0 bridgehead atoms. The third-order valence-corrected chi connectivity index (χ3v) is 8.48. The van der Waals surface area contributed by atoms with Gasteiger partial charge in [-0.2, -0.15) is 4.31 Å². The van der Waals surface area contributed by atoms with Crippen molar-refractivity contribution < 1.29 is 22.7 Å². The molecule has 4 rings (SSSR count). The number of fused-ring (bicyclic) bond motifs is 1. The first-order valence-corrected chi connectivity index (χ1v) is 13.3. The zero-order chi connectivity index (χ0) is 24.3. The summed E-state index contributed by atoms with van der Waals surface area (Å²) in [6.45, 7) is 6.10. The smallest absolute Gasteiger partial charge is 0.243 e. The lowest BCUT2D eigenvalue weighted by Gasteiger charge is -2.29. The van der Waals surface area contributed by atoms with Crippen LogP contribution in [-0.4, -0.2) is 42.9 Å². The summed E-state index contributed by atoms with van der Waals surface area (Å²) in [5.74, 6) is 1.05. The summed E-state index contributed by atoms with van der Waals surface area (Å²) in [5.41, 5.74) is 1.85. The topological polar surface area (TPSA) is 76.2 Å². The number of benzene rings is 2. The van der Waals surface area contributed by atoms with Gasteiger partial charge in [-0.25, -0.2) is 8.42 Å². The second-order valence-electron chi connectivity index (χ2n) is 8.47. The van der Waals surface area contributed by atoms with E-state index in [0.29, 0.717) is 24.6 Å². The lowest BCUT2D eigenvalue weighted by atomic mass is 10.2. The molecule has 9 heteroatoms. The van der Waals surface area contributed by atoms with E-state index in [2.05, 4.69) is 0 Å². The van der Waals surface area contributed by atoms with Crippen LogP contribution in [0.3, 0.4) is 0 Å². The summed E-state index contributed by atoms with van der Waals surface area (Å²) in [6, 6.07) is 15.8. The molecule has 7 nitrogen and oxygen atoms in total. The van der Waals surface area contributed by atoms with Crippen molar-refractivity contribution >= 4 is 27.3 Å². The van der Waals surface area contributed by atoms with E-state index < -0.39 is 10.0 Å². The summed E-state index contributed by atoms with van der Waals surface area (Å²) < 4.78 is 38.9. The largest absolute Gasteiger partial charge is 0.454 e. The molecule has 2 aromatic carbocycles. The molecule has 1 aliphatic rings. The molecular weight excluding hydrogens is 472 g/mol. The van der Waals surface area contributed by atoms with Crippen molar-refractivity contribution in [2.75, 3.05) is 13.3 Å². The van der Waals surface area contributed by atoms with Crippen LogP contribution in [0.15, 0.2) is 64.9 Å². The Kier molecular flexibility index (Phi) is 7.25. The van der Waals surface area contributed by atoms with Crippen LogP contribution in [0.5, 0.6) is 11.5 Å². The second-order valence-corrected chi connectivity index (χ2v) is 11.4. The molecule has 0 saturated carbocycles. The van der Waals surface area contributed by atoms with Crippen LogP contribution in [0.1, 0.15) is 29.9 Å². The number of amides is 1. The second kappa shape index (κ2) is 10.2. The van der Waals surface area contributed by atoms with Crippen LogP contribution in [0, 0.1) is 6.92 Å². The molecule has 1 amide bonds. The highest BCUT2D eigenvalue weighted by atomic mass is 32.2. The number of nitrogens with zero attached hydrogens (tertiary/aromatic N) is 2. The maximum absolute atomic E-state index is 13.5. The van der Waals surface area contributed by atoms with Crippen LogP contribution in [-0.2, 0) is 27.9 Å². The van der Waals surface area contributed by atoms with Crippen LogP contribution < -0.4 is 9.47 Å². The first-order chi connectivity index (χ1) is 16.2. The molecule has 180 valence electrons. The molecule has 1 aliphatic heterocycles. The highest BCUT2D eigenvalue weighted by molar-refractivity contribution is 7.89. The Balaban J connectivity index is 1.58. The third kappa shape index (κ3) is 5.43. The van der Waals surface area contributed by atoms with Crippen molar-refractivity contribution in [3.63, 3.8) is 0 Å². The van der Waals surface area contributed by atoms with E-state index in [9.17, 15) is 13.2 Å². The van der Waals surface area contributed by atoms with Crippen molar-refractivity contribution in [3.05, 3.63) is 76.0 Å². The number of aryl methyl sites for hydroxylation is 1. The Morgan fingerprint density at radius 1 is 1.03 bits per heavy atom. The first-order valence-electron chi connectivity index (χ1n) is 11.0. The molecule has 0 atom stereocenters. The van der Waals surface area contributed by atoms with E-state index in [0.717, 1.165) is 16.0 Å². The summed E-state index contributed by atoms with van der Waals surface area (Å²) in [6.07, 6.45) is 0. The number of hydrogen-bond donors (Lipinski definition) is 0. The van der Waals surface area contributed by atoms with Crippen LogP contribution in [0.4, 0.5) is 0 Å². The van der Waals surface area contributed by atoms with E-state index >= 15 is 0 Å². The quantitative estimate of drug-likeness (QED) is 0.435. The van der Waals surface area contributed by atoms with E-state index in [1.54, 1.807) is 54.3 Å². The van der Waals surface area contributed by atoms with Crippen molar-refractivity contribution in [1.82, 2.24) is 9.21 Å².